The Labute approximate surface area is 60.9 Å². The Bertz CT molecular complexity index is 147. The molecule has 2 nitrogen and oxygen atoms in total. The maximum absolute atomic E-state index is 10.0. The molecule has 56 valence electrons. The molecule has 0 heterocycles. The minimum Gasteiger partial charge on any atom is -0.389 e. The normalized spacial score (nSPS) is 14.4. The van der Waals surface area contributed by atoms with Crippen molar-refractivity contribution in [1.82, 2.24) is 0 Å². The average molecular weight is 140 g/mol. The lowest BCUT2D eigenvalue weighted by atomic mass is 10.2. The van der Waals surface area contributed by atoms with Crippen LogP contribution in [0.3, 0.4) is 0 Å². The van der Waals surface area contributed by atoms with E-state index in [1.165, 1.54) is 6.08 Å². The summed E-state index contributed by atoms with van der Waals surface area (Å²) in [6.07, 6.45) is 3.76. The average Bonchev–Trinajstić information content (AvgIpc) is 1.88. The van der Waals surface area contributed by atoms with E-state index in [0.29, 0.717) is 18.3 Å². The van der Waals surface area contributed by atoms with Crippen LogP contribution in [0.4, 0.5) is 0 Å². The molecule has 2 heteroatoms. The van der Waals surface area contributed by atoms with Crippen molar-refractivity contribution in [1.29, 1.82) is 0 Å². The molecule has 0 bridgehead atoms. The molecule has 0 rings (SSSR count). The van der Waals surface area contributed by atoms with Gasteiger partial charge < -0.3 is 5.11 Å². The molecular weight excluding hydrogens is 128 g/mol. The van der Waals surface area contributed by atoms with Crippen molar-refractivity contribution < 1.29 is 9.90 Å². The number of hydrogen-bond acceptors (Lipinski definition) is 2. The molecule has 0 aromatic heterocycles. The van der Waals surface area contributed by atoms with Crippen molar-refractivity contribution in [3.63, 3.8) is 0 Å². The standard InChI is InChI=1S/C8H12O2/c1-3-4-8(10)5-7(2)6-9/h3,5-6,8,10H,1,4H2,2H3/b7-5+. The highest BCUT2D eigenvalue weighted by atomic mass is 16.3. The van der Waals surface area contributed by atoms with Crippen molar-refractivity contribution in [3.8, 4) is 0 Å². The molecule has 1 N–H and O–H groups in total. The zero-order valence-electron chi connectivity index (χ0n) is 6.08. The van der Waals surface area contributed by atoms with Gasteiger partial charge in [0.1, 0.15) is 6.29 Å². The Morgan fingerprint density at radius 2 is 2.40 bits per heavy atom. The van der Waals surface area contributed by atoms with Gasteiger partial charge in [0, 0.05) is 0 Å². The van der Waals surface area contributed by atoms with Gasteiger partial charge in [-0.15, -0.1) is 6.58 Å². The summed E-state index contributed by atoms with van der Waals surface area (Å²) in [6, 6.07) is 0. The van der Waals surface area contributed by atoms with E-state index in [1.54, 1.807) is 13.0 Å². The zero-order valence-corrected chi connectivity index (χ0v) is 6.08. The van der Waals surface area contributed by atoms with E-state index >= 15 is 0 Å². The molecule has 0 spiro atoms. The van der Waals surface area contributed by atoms with E-state index in [0.717, 1.165) is 0 Å². The van der Waals surface area contributed by atoms with Gasteiger partial charge in [-0.1, -0.05) is 6.08 Å². The second kappa shape index (κ2) is 4.94. The first-order chi connectivity index (χ1) is 4.70. The Balaban J connectivity index is 3.84. The number of hydrogen-bond donors (Lipinski definition) is 1. The van der Waals surface area contributed by atoms with Crippen molar-refractivity contribution in [2.75, 3.05) is 0 Å². The lowest BCUT2D eigenvalue weighted by molar-refractivity contribution is -0.104. The van der Waals surface area contributed by atoms with E-state index in [1.807, 2.05) is 0 Å². The SMILES string of the molecule is C=CCC(O)/C=C(\C)C=O. The van der Waals surface area contributed by atoms with Crippen molar-refractivity contribution in [2.45, 2.75) is 19.4 Å². The monoisotopic (exact) mass is 140 g/mol. The molecule has 10 heavy (non-hydrogen) atoms. The Hall–Kier alpha value is -0.890. The van der Waals surface area contributed by atoms with Crippen LogP contribution in [0.2, 0.25) is 0 Å². The predicted molar refractivity (Wildman–Crippen MR) is 40.6 cm³/mol. The maximum Gasteiger partial charge on any atom is 0.145 e. The first-order valence-electron chi connectivity index (χ1n) is 3.13. The molecule has 0 fully saturated rings. The van der Waals surface area contributed by atoms with E-state index in [2.05, 4.69) is 6.58 Å². The fraction of sp³-hybridized carbons (Fsp3) is 0.375. The fourth-order valence-electron chi connectivity index (χ4n) is 0.582. The van der Waals surface area contributed by atoms with Gasteiger partial charge in [0.2, 0.25) is 0 Å². The summed E-state index contributed by atoms with van der Waals surface area (Å²) < 4.78 is 0. The van der Waals surface area contributed by atoms with E-state index < -0.39 is 6.10 Å². The third-order valence-electron chi connectivity index (χ3n) is 1.05. The molecule has 0 aliphatic heterocycles. The van der Waals surface area contributed by atoms with Crippen LogP contribution < -0.4 is 0 Å². The van der Waals surface area contributed by atoms with Gasteiger partial charge in [-0.2, -0.15) is 0 Å². The number of aliphatic hydroxyl groups is 1. The zero-order chi connectivity index (χ0) is 7.98. The van der Waals surface area contributed by atoms with Crippen molar-refractivity contribution >= 4 is 6.29 Å². The molecule has 0 radical (unpaired) electrons. The number of carbonyl (C=O) groups excluding carboxylic acids is 1. The summed E-state index contributed by atoms with van der Waals surface area (Å²) in [7, 11) is 0. The molecular formula is C8H12O2. The third kappa shape index (κ3) is 4.04. The number of rotatable bonds is 4. The molecule has 0 amide bonds. The second-order valence-corrected chi connectivity index (χ2v) is 2.12. The van der Waals surface area contributed by atoms with Gasteiger partial charge in [0.25, 0.3) is 0 Å². The number of aldehydes is 1. The molecule has 0 saturated carbocycles. The number of allylic oxidation sites excluding steroid dienone is 1. The summed E-state index contributed by atoms with van der Waals surface area (Å²) >= 11 is 0. The Morgan fingerprint density at radius 3 is 2.80 bits per heavy atom. The highest BCUT2D eigenvalue weighted by molar-refractivity contribution is 5.72. The van der Waals surface area contributed by atoms with Gasteiger partial charge in [-0.25, -0.2) is 0 Å². The van der Waals surface area contributed by atoms with E-state index in [9.17, 15) is 4.79 Å². The molecule has 0 aliphatic rings. The molecule has 0 aromatic rings. The molecule has 0 saturated heterocycles. The van der Waals surface area contributed by atoms with Crippen LogP contribution in [-0.4, -0.2) is 17.5 Å². The van der Waals surface area contributed by atoms with Crippen LogP contribution in [-0.2, 0) is 4.79 Å². The molecule has 1 unspecified atom stereocenters. The minimum absolute atomic E-state index is 0.491. The second-order valence-electron chi connectivity index (χ2n) is 2.12. The lowest BCUT2D eigenvalue weighted by Gasteiger charge is -1.99. The molecule has 1 atom stereocenters. The summed E-state index contributed by atoms with van der Waals surface area (Å²) in [5.74, 6) is 0. The van der Waals surface area contributed by atoms with Crippen molar-refractivity contribution in [3.05, 3.63) is 24.3 Å². The van der Waals surface area contributed by atoms with Gasteiger partial charge in [0.15, 0.2) is 0 Å². The van der Waals surface area contributed by atoms with Gasteiger partial charge >= 0.3 is 0 Å². The Morgan fingerprint density at radius 1 is 1.80 bits per heavy atom. The van der Waals surface area contributed by atoms with Crippen LogP contribution in [0, 0.1) is 0 Å². The maximum atomic E-state index is 10.0. The summed E-state index contributed by atoms with van der Waals surface area (Å²) in [6.45, 7) is 5.11. The lowest BCUT2D eigenvalue weighted by Crippen LogP contribution is -2.00. The largest absolute Gasteiger partial charge is 0.389 e. The van der Waals surface area contributed by atoms with Crippen LogP contribution in [0.1, 0.15) is 13.3 Å². The van der Waals surface area contributed by atoms with E-state index in [4.69, 9.17) is 5.11 Å². The third-order valence-corrected chi connectivity index (χ3v) is 1.05. The predicted octanol–water partition coefficient (Wildman–Crippen LogP) is 1.07. The van der Waals surface area contributed by atoms with Crippen molar-refractivity contribution in [2.24, 2.45) is 0 Å². The topological polar surface area (TPSA) is 37.3 Å². The van der Waals surface area contributed by atoms with Gasteiger partial charge in [0.05, 0.1) is 6.10 Å². The van der Waals surface area contributed by atoms with E-state index in [-0.39, 0.29) is 0 Å². The summed E-state index contributed by atoms with van der Waals surface area (Å²) in [4.78, 5) is 10.0. The smallest absolute Gasteiger partial charge is 0.145 e. The summed E-state index contributed by atoms with van der Waals surface area (Å²) in [5, 5.41) is 9.04. The fourth-order valence-corrected chi connectivity index (χ4v) is 0.582. The first kappa shape index (κ1) is 9.11. The minimum atomic E-state index is -0.567. The van der Waals surface area contributed by atoms with Crippen LogP contribution in [0.5, 0.6) is 0 Å². The van der Waals surface area contributed by atoms with Crippen LogP contribution >= 0.6 is 0 Å². The van der Waals surface area contributed by atoms with Crippen LogP contribution in [0.25, 0.3) is 0 Å². The first-order valence-corrected chi connectivity index (χ1v) is 3.13. The van der Waals surface area contributed by atoms with Gasteiger partial charge in [-0.05, 0) is 25.0 Å². The number of carbonyl (C=O) groups is 1. The molecule has 0 aromatic carbocycles. The quantitative estimate of drug-likeness (QED) is 0.360. The highest BCUT2D eigenvalue weighted by Gasteiger charge is 1.95. The summed E-state index contributed by atoms with van der Waals surface area (Å²) in [5.41, 5.74) is 0.550. The van der Waals surface area contributed by atoms with Crippen LogP contribution in [0.15, 0.2) is 24.3 Å². The molecule has 0 aliphatic carbocycles. The van der Waals surface area contributed by atoms with Gasteiger partial charge in [-0.3, -0.25) is 4.79 Å². The Kier molecular flexibility index (Phi) is 4.50. The number of aliphatic hydroxyl groups excluding tert-OH is 1. The highest BCUT2D eigenvalue weighted by Crippen LogP contribution is 1.97.